The lowest BCUT2D eigenvalue weighted by molar-refractivity contribution is -0.118. The zero-order valence-electron chi connectivity index (χ0n) is 19.4. The number of nitrogens with zero attached hydrogens (tertiary/aromatic N) is 3. The summed E-state index contributed by atoms with van der Waals surface area (Å²) in [4.78, 5) is 34.9. The Labute approximate surface area is 156 Å². The number of aromatic nitrogens is 4. The van der Waals surface area contributed by atoms with Crippen LogP contribution in [-0.4, -0.2) is 55.9 Å². The van der Waals surface area contributed by atoms with Gasteiger partial charge in [-0.25, -0.2) is 4.98 Å². The van der Waals surface area contributed by atoms with Gasteiger partial charge in [-0.2, -0.15) is 4.98 Å². The topological polar surface area (TPSA) is 131 Å². The standard InChI is InChI=1S/C16H23N5O5/c1-5-8-10(22)11(25-4)15(26-8)21-6-17-9-12(21)18-16(20-14(9)24)19-13(23)7(2)3/h6-8,10-11,15,22H,5H2,1-4H3,(H2,18,19,20,23,24)/t8-,10-,11-,15-/m1/s1/i4D3,5D2. The first-order valence-electron chi connectivity index (χ1n) is 10.5. The van der Waals surface area contributed by atoms with Crippen LogP contribution in [0.3, 0.4) is 0 Å². The van der Waals surface area contributed by atoms with E-state index in [1.54, 1.807) is 13.8 Å². The number of anilines is 1. The molecule has 1 amide bonds. The molecule has 26 heavy (non-hydrogen) atoms. The molecular weight excluding hydrogens is 342 g/mol. The van der Waals surface area contributed by atoms with Gasteiger partial charge in [0.2, 0.25) is 11.9 Å². The minimum absolute atomic E-state index is 0.0727. The second-order valence-corrected chi connectivity index (χ2v) is 6.19. The van der Waals surface area contributed by atoms with E-state index in [4.69, 9.17) is 16.3 Å². The van der Waals surface area contributed by atoms with Crippen molar-refractivity contribution in [2.45, 2.75) is 51.7 Å². The van der Waals surface area contributed by atoms with E-state index in [9.17, 15) is 14.7 Å². The lowest BCUT2D eigenvalue weighted by Gasteiger charge is -2.20. The van der Waals surface area contributed by atoms with Crippen LogP contribution in [0, 0.1) is 5.92 Å². The number of amides is 1. The highest BCUT2D eigenvalue weighted by atomic mass is 16.6. The summed E-state index contributed by atoms with van der Waals surface area (Å²) in [6.07, 6.45) is -6.83. The molecule has 1 saturated heterocycles. The van der Waals surface area contributed by atoms with E-state index in [-0.39, 0.29) is 23.0 Å². The van der Waals surface area contributed by atoms with Gasteiger partial charge in [-0.1, -0.05) is 20.8 Å². The maximum atomic E-state index is 12.4. The van der Waals surface area contributed by atoms with Gasteiger partial charge in [-0.05, 0) is 6.37 Å². The number of H-pyrrole nitrogens is 1. The van der Waals surface area contributed by atoms with Gasteiger partial charge < -0.3 is 14.6 Å². The summed E-state index contributed by atoms with van der Waals surface area (Å²) < 4.78 is 49.7. The Morgan fingerprint density at radius 1 is 1.65 bits per heavy atom. The van der Waals surface area contributed by atoms with Gasteiger partial charge in [0.05, 0.1) is 16.5 Å². The Bertz CT molecular complexity index is 1030. The van der Waals surface area contributed by atoms with Crippen molar-refractivity contribution in [2.75, 3.05) is 12.4 Å². The number of methoxy groups -OCH3 is 1. The molecule has 3 N–H and O–H groups in total. The quantitative estimate of drug-likeness (QED) is 0.694. The molecule has 3 rings (SSSR count). The fourth-order valence-electron chi connectivity index (χ4n) is 2.67. The minimum atomic E-state index is -2.92. The van der Waals surface area contributed by atoms with E-state index in [0.29, 0.717) is 0 Å². The molecule has 1 aliphatic heterocycles. The fourth-order valence-corrected chi connectivity index (χ4v) is 2.67. The Morgan fingerprint density at radius 2 is 2.42 bits per heavy atom. The van der Waals surface area contributed by atoms with Crippen LogP contribution in [0.15, 0.2) is 11.1 Å². The van der Waals surface area contributed by atoms with E-state index >= 15 is 0 Å². The van der Waals surface area contributed by atoms with E-state index < -0.39 is 49.4 Å². The lowest BCUT2D eigenvalue weighted by Crippen LogP contribution is -2.33. The van der Waals surface area contributed by atoms with Gasteiger partial charge >= 0.3 is 0 Å². The predicted octanol–water partition coefficient (Wildman–Crippen LogP) is 0.397. The molecule has 0 saturated carbocycles. The third-order valence-electron chi connectivity index (χ3n) is 4.11. The zero-order chi connectivity index (χ0) is 23.3. The normalized spacial score (nSPS) is 29.8. The number of hydrogen-bond donors (Lipinski definition) is 3. The highest BCUT2D eigenvalue weighted by Crippen LogP contribution is 2.34. The largest absolute Gasteiger partial charge is 0.388 e. The average molecular weight is 370 g/mol. The zero-order valence-corrected chi connectivity index (χ0v) is 14.4. The van der Waals surface area contributed by atoms with Gasteiger partial charge in [-0.15, -0.1) is 0 Å². The number of rotatable bonds is 5. The predicted molar refractivity (Wildman–Crippen MR) is 92.6 cm³/mol. The molecule has 0 unspecified atom stereocenters. The third kappa shape index (κ3) is 3.11. The van der Waals surface area contributed by atoms with Gasteiger partial charge in [0, 0.05) is 15.7 Å². The fraction of sp³-hybridized carbons (Fsp3) is 0.625. The summed E-state index contributed by atoms with van der Waals surface area (Å²) in [6.45, 7) is 4.48. The van der Waals surface area contributed by atoms with Crippen LogP contribution in [-0.2, 0) is 14.3 Å². The van der Waals surface area contributed by atoms with Crippen LogP contribution in [0.5, 0.6) is 0 Å². The number of ether oxygens (including phenoxy) is 2. The first kappa shape index (κ1) is 13.0. The molecule has 0 spiro atoms. The lowest BCUT2D eigenvalue weighted by atomic mass is 10.1. The van der Waals surface area contributed by atoms with Crippen LogP contribution in [0.4, 0.5) is 5.95 Å². The Hall–Kier alpha value is -2.30. The molecule has 1 aliphatic rings. The van der Waals surface area contributed by atoms with E-state index in [2.05, 4.69) is 20.3 Å². The number of fused-ring (bicyclic) bond motifs is 1. The number of aromatic amines is 1. The van der Waals surface area contributed by atoms with Crippen molar-refractivity contribution in [3.8, 4) is 0 Å². The third-order valence-corrected chi connectivity index (χ3v) is 4.11. The summed E-state index contributed by atoms with van der Waals surface area (Å²) >= 11 is 0. The van der Waals surface area contributed by atoms with E-state index in [0.717, 1.165) is 6.33 Å². The molecule has 0 radical (unpaired) electrons. The highest BCUT2D eigenvalue weighted by molar-refractivity contribution is 5.91. The molecule has 0 bridgehead atoms. The molecule has 0 aliphatic carbocycles. The van der Waals surface area contributed by atoms with Crippen LogP contribution in [0.1, 0.15) is 40.2 Å². The van der Waals surface area contributed by atoms with Crippen LogP contribution < -0.4 is 10.9 Å². The number of carbonyl (C=O) groups is 1. The van der Waals surface area contributed by atoms with Crippen molar-refractivity contribution >= 4 is 23.0 Å². The molecule has 10 heteroatoms. The summed E-state index contributed by atoms with van der Waals surface area (Å²) in [7, 11) is -2.92. The summed E-state index contributed by atoms with van der Waals surface area (Å²) in [5.41, 5.74) is -0.871. The maximum absolute atomic E-state index is 12.4. The van der Waals surface area contributed by atoms with Crippen molar-refractivity contribution < 1.29 is 26.2 Å². The second kappa shape index (κ2) is 7.14. The molecule has 2 aromatic rings. The van der Waals surface area contributed by atoms with Crippen molar-refractivity contribution in [3.05, 3.63) is 16.7 Å². The van der Waals surface area contributed by atoms with Crippen molar-refractivity contribution in [1.82, 2.24) is 19.5 Å². The number of hydrogen-bond acceptors (Lipinski definition) is 7. The van der Waals surface area contributed by atoms with Crippen LogP contribution in [0.25, 0.3) is 11.2 Å². The Kier molecular flexibility index (Phi) is 3.56. The molecule has 0 aromatic carbocycles. The molecule has 4 atom stereocenters. The number of imidazole rings is 1. The van der Waals surface area contributed by atoms with Crippen LogP contribution in [0.2, 0.25) is 0 Å². The van der Waals surface area contributed by atoms with Crippen molar-refractivity contribution in [2.24, 2.45) is 5.92 Å². The first-order chi connectivity index (χ1) is 14.2. The van der Waals surface area contributed by atoms with Crippen LogP contribution >= 0.6 is 0 Å². The van der Waals surface area contributed by atoms with E-state index in [1.165, 1.54) is 11.5 Å². The summed E-state index contributed by atoms with van der Waals surface area (Å²) in [5.74, 6) is -0.944. The number of carbonyl (C=O) groups excluding carboxylic acids is 1. The van der Waals surface area contributed by atoms with Gasteiger partial charge in [0.25, 0.3) is 5.56 Å². The molecular formula is C16H23N5O5. The highest BCUT2D eigenvalue weighted by Gasteiger charge is 2.44. The van der Waals surface area contributed by atoms with Gasteiger partial charge in [-0.3, -0.25) is 24.5 Å². The van der Waals surface area contributed by atoms with E-state index in [1.807, 2.05) is 0 Å². The molecule has 3 heterocycles. The second-order valence-electron chi connectivity index (χ2n) is 6.19. The molecule has 10 nitrogen and oxygen atoms in total. The first-order valence-corrected chi connectivity index (χ1v) is 7.98. The van der Waals surface area contributed by atoms with Gasteiger partial charge in [0.1, 0.15) is 12.2 Å². The molecule has 2 aromatic heterocycles. The number of nitrogens with one attached hydrogen (secondary N) is 2. The summed E-state index contributed by atoms with van der Waals surface area (Å²) in [5, 5.41) is 13.0. The SMILES string of the molecule is [2H]C([2H])([2H])O[C@@H]1[C@H](O)[C@@H](C([2H])([2H])C)O[C@H]1n1cnc2c(=O)[nH]c(NC(=O)C(C)C)nc21. The average Bonchev–Trinajstić information content (AvgIpc) is 3.15. The maximum Gasteiger partial charge on any atom is 0.280 e. The summed E-state index contributed by atoms with van der Waals surface area (Å²) in [6, 6.07) is 0. The van der Waals surface area contributed by atoms with Crippen molar-refractivity contribution in [1.29, 1.82) is 0 Å². The Morgan fingerprint density at radius 3 is 3.08 bits per heavy atom. The number of aliphatic hydroxyl groups is 1. The molecule has 1 fully saturated rings. The Balaban J connectivity index is 2.08. The monoisotopic (exact) mass is 370 g/mol. The smallest absolute Gasteiger partial charge is 0.280 e. The minimum Gasteiger partial charge on any atom is -0.388 e. The number of aliphatic hydroxyl groups excluding tert-OH is 1. The molecule has 142 valence electrons. The van der Waals surface area contributed by atoms with Gasteiger partial charge in [0.15, 0.2) is 17.4 Å². The van der Waals surface area contributed by atoms with Crippen molar-refractivity contribution in [3.63, 3.8) is 0 Å².